The van der Waals surface area contributed by atoms with Crippen molar-refractivity contribution >= 4 is 46.5 Å². The third kappa shape index (κ3) is 4.16. The van der Waals surface area contributed by atoms with Crippen LogP contribution in [-0.4, -0.2) is 34.7 Å². The van der Waals surface area contributed by atoms with E-state index in [0.29, 0.717) is 16.1 Å². The van der Waals surface area contributed by atoms with E-state index in [0.717, 1.165) is 11.3 Å². The molecule has 3 rings (SSSR count). The van der Waals surface area contributed by atoms with Gasteiger partial charge in [0.25, 0.3) is 5.91 Å². The van der Waals surface area contributed by atoms with Crippen LogP contribution in [-0.2, 0) is 4.79 Å². The number of anilines is 1. The lowest BCUT2D eigenvalue weighted by Gasteiger charge is -2.06. The van der Waals surface area contributed by atoms with Gasteiger partial charge in [-0.1, -0.05) is 23.7 Å². The molecule has 0 aliphatic heterocycles. The molecule has 8 nitrogen and oxygen atoms in total. The van der Waals surface area contributed by atoms with E-state index in [4.69, 9.17) is 25.9 Å². The number of benzene rings is 1. The second kappa shape index (κ2) is 8.15. The van der Waals surface area contributed by atoms with Crippen molar-refractivity contribution in [2.24, 2.45) is 0 Å². The van der Waals surface area contributed by atoms with Gasteiger partial charge in [0, 0.05) is 5.69 Å². The molecule has 1 amide bonds. The van der Waals surface area contributed by atoms with Crippen LogP contribution in [0.4, 0.5) is 5.69 Å². The van der Waals surface area contributed by atoms with Gasteiger partial charge < -0.3 is 24.7 Å². The molecule has 0 bridgehead atoms. The van der Waals surface area contributed by atoms with Crippen molar-refractivity contribution in [2.45, 2.75) is 0 Å². The minimum Gasteiger partial charge on any atom is -0.479 e. The SMILES string of the molecule is O=C(O)COc1c(C(=O)O)sc(-c2cccc(NC(=O)c3ccco3)c2)c1Cl. The summed E-state index contributed by atoms with van der Waals surface area (Å²) in [5.74, 6) is -3.07. The molecule has 10 heteroatoms. The van der Waals surface area contributed by atoms with Gasteiger partial charge in [0.2, 0.25) is 0 Å². The number of aromatic carboxylic acids is 1. The van der Waals surface area contributed by atoms with E-state index in [9.17, 15) is 19.5 Å². The third-order valence-electron chi connectivity index (χ3n) is 3.47. The molecule has 0 atom stereocenters. The summed E-state index contributed by atoms with van der Waals surface area (Å²) in [6.07, 6.45) is 1.38. The molecule has 0 aliphatic carbocycles. The Morgan fingerprint density at radius 3 is 2.61 bits per heavy atom. The van der Waals surface area contributed by atoms with Crippen molar-refractivity contribution in [1.82, 2.24) is 0 Å². The Morgan fingerprint density at radius 2 is 1.96 bits per heavy atom. The van der Waals surface area contributed by atoms with Crippen LogP contribution in [0.1, 0.15) is 20.2 Å². The first-order valence-electron chi connectivity index (χ1n) is 7.72. The molecule has 0 spiro atoms. The molecule has 0 saturated carbocycles. The summed E-state index contributed by atoms with van der Waals surface area (Å²) >= 11 is 7.10. The highest BCUT2D eigenvalue weighted by Gasteiger charge is 2.25. The normalized spacial score (nSPS) is 10.5. The number of hydrogen-bond acceptors (Lipinski definition) is 6. The average Bonchev–Trinajstić information content (AvgIpc) is 3.28. The Morgan fingerprint density at radius 1 is 1.18 bits per heavy atom. The molecule has 28 heavy (non-hydrogen) atoms. The largest absolute Gasteiger partial charge is 0.479 e. The molecule has 0 radical (unpaired) electrons. The van der Waals surface area contributed by atoms with Gasteiger partial charge in [-0.15, -0.1) is 11.3 Å². The summed E-state index contributed by atoms with van der Waals surface area (Å²) in [7, 11) is 0. The molecule has 2 aromatic heterocycles. The van der Waals surface area contributed by atoms with Crippen LogP contribution in [0.25, 0.3) is 10.4 Å². The number of amides is 1. The molecule has 0 fully saturated rings. The zero-order valence-corrected chi connectivity index (χ0v) is 15.5. The Labute approximate surface area is 166 Å². The van der Waals surface area contributed by atoms with E-state index >= 15 is 0 Å². The van der Waals surface area contributed by atoms with E-state index < -0.39 is 24.5 Å². The van der Waals surface area contributed by atoms with E-state index in [-0.39, 0.29) is 21.4 Å². The molecular weight excluding hydrogens is 410 g/mol. The maximum atomic E-state index is 12.1. The van der Waals surface area contributed by atoms with Gasteiger partial charge in [-0.2, -0.15) is 0 Å². The Hall–Kier alpha value is -3.30. The number of carboxylic acids is 2. The minimum absolute atomic E-state index is 0.0156. The van der Waals surface area contributed by atoms with Gasteiger partial charge in [0.05, 0.1) is 11.1 Å². The summed E-state index contributed by atoms with van der Waals surface area (Å²) in [6.45, 7) is -0.727. The maximum absolute atomic E-state index is 12.1. The van der Waals surface area contributed by atoms with Gasteiger partial charge in [0.15, 0.2) is 23.0 Å². The number of carbonyl (C=O) groups is 3. The highest BCUT2D eigenvalue weighted by molar-refractivity contribution is 7.18. The lowest BCUT2D eigenvalue weighted by Crippen LogP contribution is -2.11. The van der Waals surface area contributed by atoms with Crippen LogP contribution in [0, 0.1) is 0 Å². The predicted molar refractivity (Wildman–Crippen MR) is 102 cm³/mol. The topological polar surface area (TPSA) is 126 Å². The molecule has 0 unspecified atom stereocenters. The van der Waals surface area contributed by atoms with Crippen molar-refractivity contribution in [3.63, 3.8) is 0 Å². The molecule has 2 heterocycles. The predicted octanol–water partition coefficient (Wildman–Crippen LogP) is 4.08. The number of carbonyl (C=O) groups excluding carboxylic acids is 1. The quantitative estimate of drug-likeness (QED) is 0.524. The van der Waals surface area contributed by atoms with Gasteiger partial charge in [0.1, 0.15) is 5.02 Å². The van der Waals surface area contributed by atoms with E-state index in [1.807, 2.05) is 0 Å². The number of ether oxygens (including phenoxy) is 1. The number of hydrogen-bond donors (Lipinski definition) is 3. The molecule has 3 aromatic rings. The van der Waals surface area contributed by atoms with Crippen molar-refractivity contribution < 1.29 is 33.8 Å². The molecule has 0 aliphatic rings. The number of carboxylic acid groups (broad SMARTS) is 2. The zero-order chi connectivity index (χ0) is 20.3. The summed E-state index contributed by atoms with van der Waals surface area (Å²) in [6, 6.07) is 9.68. The van der Waals surface area contributed by atoms with Crippen LogP contribution < -0.4 is 10.1 Å². The first-order chi connectivity index (χ1) is 13.4. The number of aliphatic carboxylic acids is 1. The van der Waals surface area contributed by atoms with Gasteiger partial charge >= 0.3 is 11.9 Å². The highest BCUT2D eigenvalue weighted by atomic mass is 35.5. The van der Waals surface area contributed by atoms with Crippen LogP contribution in [0.15, 0.2) is 47.1 Å². The lowest BCUT2D eigenvalue weighted by molar-refractivity contribution is -0.139. The molecule has 3 N–H and O–H groups in total. The van der Waals surface area contributed by atoms with E-state index in [1.165, 1.54) is 12.3 Å². The molecule has 0 saturated heterocycles. The summed E-state index contributed by atoms with van der Waals surface area (Å²) in [5.41, 5.74) is 0.966. The fourth-order valence-corrected chi connectivity index (χ4v) is 3.73. The summed E-state index contributed by atoms with van der Waals surface area (Å²) in [4.78, 5) is 34.4. The first kappa shape index (κ1) is 19.5. The van der Waals surface area contributed by atoms with Gasteiger partial charge in [-0.25, -0.2) is 9.59 Å². The Balaban J connectivity index is 1.93. The smallest absolute Gasteiger partial charge is 0.349 e. The molecule has 1 aromatic carbocycles. The summed E-state index contributed by atoms with van der Waals surface area (Å²) in [5, 5.41) is 20.8. The van der Waals surface area contributed by atoms with Gasteiger partial charge in [-0.05, 0) is 29.8 Å². The van der Waals surface area contributed by atoms with Crippen molar-refractivity contribution in [3.05, 3.63) is 58.3 Å². The monoisotopic (exact) mass is 421 g/mol. The number of furan rings is 1. The second-order valence-electron chi connectivity index (χ2n) is 5.40. The number of rotatable bonds is 7. The fraction of sp³-hybridized carbons (Fsp3) is 0.0556. The van der Waals surface area contributed by atoms with Crippen LogP contribution in [0.3, 0.4) is 0 Å². The zero-order valence-electron chi connectivity index (χ0n) is 14.0. The minimum atomic E-state index is -1.29. The molecular formula is C18H12ClNO7S. The first-order valence-corrected chi connectivity index (χ1v) is 8.91. The Kier molecular flexibility index (Phi) is 5.67. The molecule has 144 valence electrons. The van der Waals surface area contributed by atoms with Crippen molar-refractivity contribution in [3.8, 4) is 16.2 Å². The fourth-order valence-electron chi connectivity index (χ4n) is 2.32. The van der Waals surface area contributed by atoms with Crippen LogP contribution in [0.5, 0.6) is 5.75 Å². The van der Waals surface area contributed by atoms with Crippen LogP contribution in [0.2, 0.25) is 5.02 Å². The van der Waals surface area contributed by atoms with Gasteiger partial charge in [-0.3, -0.25) is 4.79 Å². The van der Waals surface area contributed by atoms with E-state index in [2.05, 4.69) is 5.32 Å². The number of halogens is 1. The number of thiophene rings is 1. The van der Waals surface area contributed by atoms with E-state index in [1.54, 1.807) is 30.3 Å². The maximum Gasteiger partial charge on any atom is 0.349 e. The summed E-state index contributed by atoms with van der Waals surface area (Å²) < 4.78 is 10.1. The standard InChI is InChI=1S/C18H12ClNO7S/c19-13-14(27-8-12(21)22)16(18(24)25)28-15(13)9-3-1-4-10(7-9)20-17(23)11-5-2-6-26-11/h1-7H,8H2,(H,20,23)(H,21,22)(H,24,25). The van der Waals surface area contributed by atoms with Crippen molar-refractivity contribution in [2.75, 3.05) is 11.9 Å². The van der Waals surface area contributed by atoms with Crippen molar-refractivity contribution in [1.29, 1.82) is 0 Å². The average molecular weight is 422 g/mol. The second-order valence-corrected chi connectivity index (χ2v) is 6.80. The lowest BCUT2D eigenvalue weighted by atomic mass is 10.1. The van der Waals surface area contributed by atoms with Crippen LogP contribution >= 0.6 is 22.9 Å². The highest BCUT2D eigenvalue weighted by Crippen LogP contribution is 2.45. The Bertz CT molecular complexity index is 1040. The third-order valence-corrected chi connectivity index (χ3v) is 5.15. The number of nitrogens with one attached hydrogen (secondary N) is 1.